The van der Waals surface area contributed by atoms with Crippen molar-refractivity contribution < 1.29 is 18.5 Å². The number of anilines is 1. The van der Waals surface area contributed by atoms with E-state index in [0.717, 1.165) is 68.6 Å². The molecule has 0 radical (unpaired) electrons. The molecule has 46 heavy (non-hydrogen) atoms. The number of pyridine rings is 1. The molecule has 12 nitrogen and oxygen atoms in total. The summed E-state index contributed by atoms with van der Waals surface area (Å²) in [6.07, 6.45) is 5.56. The lowest BCUT2D eigenvalue weighted by Gasteiger charge is -2.37. The zero-order valence-electron chi connectivity index (χ0n) is 26.8. The number of rotatable bonds is 2. The van der Waals surface area contributed by atoms with Crippen LogP contribution >= 0.6 is 0 Å². The van der Waals surface area contributed by atoms with Crippen molar-refractivity contribution in [2.24, 2.45) is 17.3 Å². The molecule has 4 aromatic rings. The van der Waals surface area contributed by atoms with E-state index in [-0.39, 0.29) is 11.8 Å². The van der Waals surface area contributed by atoms with Crippen LogP contribution in [-0.4, -0.2) is 89.8 Å². The van der Waals surface area contributed by atoms with Gasteiger partial charge in [-0.3, -0.25) is 20.0 Å². The normalized spacial score (nSPS) is 21.4. The van der Waals surface area contributed by atoms with Crippen molar-refractivity contribution in [2.45, 2.75) is 52.1 Å². The molecule has 0 spiro atoms. The number of fused-ring (bicyclic) bond motifs is 7. The van der Waals surface area contributed by atoms with Crippen molar-refractivity contribution in [3.63, 3.8) is 0 Å². The highest BCUT2D eigenvalue weighted by atomic mass is 32.2. The number of nitrogens with one attached hydrogen (secondary N) is 1. The summed E-state index contributed by atoms with van der Waals surface area (Å²) in [4.78, 5) is 25.7. The summed E-state index contributed by atoms with van der Waals surface area (Å²) in [5.74, 6) is 2.23. The smallest absolute Gasteiger partial charge is 0.258 e. The van der Waals surface area contributed by atoms with E-state index in [4.69, 9.17) is 18.8 Å². The molecule has 2 saturated heterocycles. The third kappa shape index (κ3) is 6.40. The highest BCUT2D eigenvalue weighted by molar-refractivity contribution is 7.93. The maximum absolute atomic E-state index is 13.9. The summed E-state index contributed by atoms with van der Waals surface area (Å²) in [7, 11) is -0.536. The lowest BCUT2D eigenvalue weighted by Crippen LogP contribution is -2.47. The van der Waals surface area contributed by atoms with Crippen LogP contribution < -0.4 is 10.1 Å². The summed E-state index contributed by atoms with van der Waals surface area (Å²) >= 11 is 0. The summed E-state index contributed by atoms with van der Waals surface area (Å²) < 4.78 is 34.2. The van der Waals surface area contributed by atoms with Gasteiger partial charge in [-0.25, -0.2) is 13.9 Å². The van der Waals surface area contributed by atoms with Gasteiger partial charge in [-0.1, -0.05) is 6.92 Å². The van der Waals surface area contributed by atoms with Gasteiger partial charge in [-0.05, 0) is 68.9 Å². The molecule has 3 aliphatic heterocycles. The number of aromatic nitrogens is 5. The van der Waals surface area contributed by atoms with Gasteiger partial charge in [0.05, 0.1) is 50.5 Å². The maximum atomic E-state index is 13.9. The van der Waals surface area contributed by atoms with Crippen LogP contribution in [0.4, 0.5) is 11.6 Å². The molecule has 0 saturated carbocycles. The van der Waals surface area contributed by atoms with E-state index in [2.05, 4.69) is 31.8 Å². The van der Waals surface area contributed by atoms with E-state index in [9.17, 15) is 9.00 Å². The van der Waals surface area contributed by atoms with Crippen LogP contribution in [0, 0.1) is 12.8 Å². The molecule has 7 rings (SSSR count). The fraction of sp³-hybridized carbons (Fsp3) is 0.515. The van der Waals surface area contributed by atoms with Gasteiger partial charge in [0.25, 0.3) is 5.91 Å². The maximum Gasteiger partial charge on any atom is 0.258 e. The highest BCUT2D eigenvalue weighted by Crippen LogP contribution is 2.32. The first-order chi connectivity index (χ1) is 22.2. The zero-order valence-corrected chi connectivity index (χ0v) is 27.6. The number of carbonyl (C=O) groups is 1. The second kappa shape index (κ2) is 12.8. The van der Waals surface area contributed by atoms with E-state index < -0.39 is 9.73 Å². The first-order valence-corrected chi connectivity index (χ1v) is 18.1. The van der Waals surface area contributed by atoms with Crippen LogP contribution in [0.3, 0.4) is 0 Å². The Bertz CT molecular complexity index is 1870. The Kier molecular flexibility index (Phi) is 8.55. The first kappa shape index (κ1) is 30.8. The number of imidazole rings is 1. The van der Waals surface area contributed by atoms with Crippen LogP contribution in [0.5, 0.6) is 5.88 Å². The molecule has 0 aliphatic carbocycles. The lowest BCUT2D eigenvalue weighted by atomic mass is 10.1. The van der Waals surface area contributed by atoms with Crippen molar-refractivity contribution in [1.29, 1.82) is 0 Å². The van der Waals surface area contributed by atoms with E-state index >= 15 is 0 Å². The highest BCUT2D eigenvalue weighted by Gasteiger charge is 2.28. The van der Waals surface area contributed by atoms with Crippen molar-refractivity contribution >= 4 is 38.3 Å². The van der Waals surface area contributed by atoms with Crippen molar-refractivity contribution in [1.82, 2.24) is 29.2 Å². The van der Waals surface area contributed by atoms with E-state index in [1.54, 1.807) is 23.0 Å². The Morgan fingerprint density at radius 3 is 2.65 bits per heavy atom. The fourth-order valence-electron chi connectivity index (χ4n) is 6.77. The molecule has 3 aromatic heterocycles. The molecule has 2 bridgehead atoms. The van der Waals surface area contributed by atoms with Gasteiger partial charge in [0, 0.05) is 68.7 Å². The van der Waals surface area contributed by atoms with E-state index in [0.29, 0.717) is 65.2 Å². The molecule has 1 aromatic carbocycles. The predicted molar refractivity (Wildman–Crippen MR) is 178 cm³/mol. The molecular formula is C33H42N8O4S. The minimum absolute atomic E-state index is 0.268. The second-order valence-electron chi connectivity index (χ2n) is 12.8. The minimum Gasteiger partial charge on any atom is -0.477 e. The standard InChI is InChI=1S/C33H42N8O4S/c1-22-5-4-12-45-32-27(20-34-39(32)3)29-18-24(17-23(2)35-29)31(42)37-33-36-28-7-6-25(19-30(28)41(33)21-22)38-46(43)15-10-40(11-16-46)26-8-13-44-14-9-26/h6-7,17-20,22,26H,4-5,8-16,21H2,1-3H3,(H,36,37,42)/t22-/m1/s1. The van der Waals surface area contributed by atoms with Crippen LogP contribution in [0.1, 0.15) is 48.7 Å². The molecule has 1 amide bonds. The average molecular weight is 647 g/mol. The molecule has 2 fully saturated rings. The molecular weight excluding hydrogens is 604 g/mol. The number of aryl methyl sites for hydroxylation is 2. The number of hydrogen-bond acceptors (Lipinski definition) is 9. The Morgan fingerprint density at radius 1 is 1.04 bits per heavy atom. The van der Waals surface area contributed by atoms with Gasteiger partial charge in [0.15, 0.2) is 0 Å². The number of amides is 1. The van der Waals surface area contributed by atoms with Crippen molar-refractivity contribution in [2.75, 3.05) is 49.7 Å². The zero-order chi connectivity index (χ0) is 31.8. The van der Waals surface area contributed by atoms with Gasteiger partial charge in [0.2, 0.25) is 11.8 Å². The molecule has 13 heteroatoms. The topological polar surface area (TPSA) is 129 Å². The summed E-state index contributed by atoms with van der Waals surface area (Å²) in [6, 6.07) is 9.82. The second-order valence-corrected chi connectivity index (χ2v) is 15.3. The summed E-state index contributed by atoms with van der Waals surface area (Å²) in [6.45, 7) is 8.43. The number of carbonyl (C=O) groups excluding carboxylic acids is 1. The third-order valence-electron chi connectivity index (χ3n) is 9.28. The SMILES string of the molecule is Cc1cc2cc(n1)-c1cnn(C)c1OCCC[C@@H](C)Cn1c(nc3ccc(N=S4(=O)CCN(C5CCOCC5)CC4)cc31)NC2=O. The van der Waals surface area contributed by atoms with Gasteiger partial charge in [-0.2, -0.15) is 9.46 Å². The lowest BCUT2D eigenvalue weighted by molar-refractivity contribution is 0.0373. The Labute approximate surface area is 269 Å². The molecule has 1 N–H and O–H groups in total. The third-order valence-corrected chi connectivity index (χ3v) is 11.5. The quantitative estimate of drug-likeness (QED) is 0.329. The van der Waals surface area contributed by atoms with Gasteiger partial charge < -0.3 is 14.0 Å². The monoisotopic (exact) mass is 646 g/mol. The molecule has 3 aliphatic rings. The van der Waals surface area contributed by atoms with Crippen LogP contribution in [0.2, 0.25) is 0 Å². The van der Waals surface area contributed by atoms with Crippen LogP contribution in [-0.2, 0) is 28.1 Å². The van der Waals surface area contributed by atoms with Gasteiger partial charge in [0.1, 0.15) is 0 Å². The average Bonchev–Trinajstić information content (AvgIpc) is 3.58. The van der Waals surface area contributed by atoms with E-state index in [1.165, 1.54) is 0 Å². The van der Waals surface area contributed by atoms with Gasteiger partial charge in [-0.15, -0.1) is 0 Å². The van der Waals surface area contributed by atoms with Gasteiger partial charge >= 0.3 is 0 Å². The first-order valence-electron chi connectivity index (χ1n) is 16.2. The molecule has 244 valence electrons. The summed E-state index contributed by atoms with van der Waals surface area (Å²) in [5, 5.41) is 7.47. The number of hydrogen-bond donors (Lipinski definition) is 1. The number of nitrogens with zero attached hydrogens (tertiary/aromatic N) is 7. The van der Waals surface area contributed by atoms with Crippen molar-refractivity contribution in [3.8, 4) is 17.1 Å². The van der Waals surface area contributed by atoms with Crippen LogP contribution in [0.15, 0.2) is 40.9 Å². The number of ether oxygens (including phenoxy) is 2. The number of benzene rings is 1. The molecule has 0 unspecified atom stereocenters. The Morgan fingerprint density at radius 2 is 1.85 bits per heavy atom. The molecule has 6 heterocycles. The minimum atomic E-state index is -2.38. The van der Waals surface area contributed by atoms with Crippen molar-refractivity contribution in [3.05, 3.63) is 47.8 Å². The Balaban J connectivity index is 1.20. The fourth-order valence-corrected chi connectivity index (χ4v) is 8.69. The predicted octanol–water partition coefficient (Wildman–Crippen LogP) is 4.80. The Hall–Kier alpha value is -3.81. The molecule has 1 atom stereocenters. The summed E-state index contributed by atoms with van der Waals surface area (Å²) in [5.41, 5.74) is 4.85. The van der Waals surface area contributed by atoms with Crippen LogP contribution in [0.25, 0.3) is 22.3 Å². The largest absolute Gasteiger partial charge is 0.477 e. The van der Waals surface area contributed by atoms with E-state index in [1.807, 2.05) is 32.2 Å².